The van der Waals surface area contributed by atoms with Gasteiger partial charge in [-0.2, -0.15) is 0 Å². The van der Waals surface area contributed by atoms with E-state index in [4.69, 9.17) is 11.6 Å². The van der Waals surface area contributed by atoms with Gasteiger partial charge in [0.2, 0.25) is 0 Å². The van der Waals surface area contributed by atoms with Crippen LogP contribution >= 0.6 is 11.6 Å². The van der Waals surface area contributed by atoms with Crippen LogP contribution in [0, 0.1) is 31.6 Å². The molecule has 2 heteroatoms. The van der Waals surface area contributed by atoms with E-state index in [1.165, 1.54) is 0 Å². The SMILES string of the molecule is O=C(CCc1ccc(Cl)cc1)[C]1[CH][CH][CH][CH]1. The first-order chi connectivity index (χ1) is 7.75. The van der Waals surface area contributed by atoms with Crippen molar-refractivity contribution in [2.24, 2.45) is 0 Å². The van der Waals surface area contributed by atoms with Gasteiger partial charge in [-0.25, -0.2) is 0 Å². The van der Waals surface area contributed by atoms with Gasteiger partial charge in [0.1, 0.15) is 5.78 Å². The molecule has 1 aliphatic carbocycles. The number of hydrogen-bond acceptors (Lipinski definition) is 1. The van der Waals surface area contributed by atoms with E-state index in [9.17, 15) is 4.79 Å². The van der Waals surface area contributed by atoms with Crippen LogP contribution in [0.15, 0.2) is 24.3 Å². The molecule has 1 aromatic carbocycles. The van der Waals surface area contributed by atoms with Crippen LogP contribution in [0.2, 0.25) is 5.02 Å². The fourth-order valence-corrected chi connectivity index (χ4v) is 1.74. The molecule has 0 amide bonds. The van der Waals surface area contributed by atoms with Gasteiger partial charge in [0.05, 0.1) is 0 Å². The predicted octanol–water partition coefficient (Wildman–Crippen LogP) is 3.25. The molecular weight excluding hydrogens is 220 g/mol. The molecule has 2 rings (SSSR count). The second-order valence-corrected chi connectivity index (χ2v) is 4.16. The number of carbonyl (C=O) groups excluding carboxylic acids is 1. The fourth-order valence-electron chi connectivity index (χ4n) is 1.61. The van der Waals surface area contributed by atoms with Gasteiger partial charge >= 0.3 is 0 Å². The molecule has 0 atom stereocenters. The van der Waals surface area contributed by atoms with Gasteiger partial charge in [0.25, 0.3) is 0 Å². The van der Waals surface area contributed by atoms with Gasteiger partial charge in [-0.1, -0.05) is 23.7 Å². The minimum absolute atomic E-state index is 0.194. The molecule has 1 aromatic rings. The highest BCUT2D eigenvalue weighted by molar-refractivity contribution is 6.30. The molecule has 16 heavy (non-hydrogen) atoms. The van der Waals surface area contributed by atoms with Crippen molar-refractivity contribution in [3.63, 3.8) is 0 Å². The Morgan fingerprint density at radius 3 is 2.31 bits per heavy atom. The average Bonchev–Trinajstić information content (AvgIpc) is 2.81. The number of halogens is 1. The Morgan fingerprint density at radius 1 is 1.06 bits per heavy atom. The summed E-state index contributed by atoms with van der Waals surface area (Å²) in [5, 5.41) is 0.728. The number of Topliss-reactive ketones (excluding diaryl/α,β-unsaturated/α-hetero) is 1. The normalized spacial score (nSPS) is 16.6. The lowest BCUT2D eigenvalue weighted by atomic mass is 9.97. The molecule has 1 nitrogen and oxygen atoms in total. The van der Waals surface area contributed by atoms with E-state index in [-0.39, 0.29) is 5.78 Å². The third-order valence-electron chi connectivity index (χ3n) is 2.54. The highest BCUT2D eigenvalue weighted by Crippen LogP contribution is 2.25. The summed E-state index contributed by atoms with van der Waals surface area (Å²) in [5.41, 5.74) is 1.14. The maximum Gasteiger partial charge on any atom is 0.140 e. The lowest BCUT2D eigenvalue weighted by Gasteiger charge is -2.06. The zero-order valence-electron chi connectivity index (χ0n) is 8.82. The van der Waals surface area contributed by atoms with E-state index in [2.05, 4.69) is 0 Å². The lowest BCUT2D eigenvalue weighted by Crippen LogP contribution is -2.10. The maximum absolute atomic E-state index is 11.7. The van der Waals surface area contributed by atoms with Crippen molar-refractivity contribution >= 4 is 17.4 Å². The van der Waals surface area contributed by atoms with Crippen molar-refractivity contribution in [2.45, 2.75) is 12.8 Å². The number of ketones is 1. The molecule has 0 spiro atoms. The summed E-state index contributed by atoms with van der Waals surface area (Å²) >= 11 is 5.79. The molecule has 1 saturated carbocycles. The number of carbonyl (C=O) groups is 1. The molecular formula is C14H12ClO. The van der Waals surface area contributed by atoms with Gasteiger partial charge in [0.15, 0.2) is 0 Å². The van der Waals surface area contributed by atoms with E-state index >= 15 is 0 Å². The Kier molecular flexibility index (Phi) is 4.00. The summed E-state index contributed by atoms with van der Waals surface area (Å²) in [6.07, 6.45) is 8.78. The van der Waals surface area contributed by atoms with Crippen molar-refractivity contribution in [1.29, 1.82) is 0 Å². The van der Waals surface area contributed by atoms with Crippen molar-refractivity contribution in [3.05, 3.63) is 66.5 Å². The molecule has 5 radical (unpaired) electrons. The van der Waals surface area contributed by atoms with Crippen LogP contribution < -0.4 is 0 Å². The molecule has 0 N–H and O–H groups in total. The molecule has 0 heterocycles. The molecule has 0 aromatic heterocycles. The van der Waals surface area contributed by atoms with Gasteiger partial charge in [-0.3, -0.25) is 4.79 Å². The van der Waals surface area contributed by atoms with E-state index in [0.717, 1.165) is 22.9 Å². The number of hydrogen-bond donors (Lipinski definition) is 0. The zero-order chi connectivity index (χ0) is 11.4. The quantitative estimate of drug-likeness (QED) is 0.778. The summed E-state index contributed by atoms with van der Waals surface area (Å²) < 4.78 is 0. The van der Waals surface area contributed by atoms with Crippen LogP contribution in [0.1, 0.15) is 12.0 Å². The van der Waals surface area contributed by atoms with Crippen molar-refractivity contribution in [3.8, 4) is 0 Å². The average molecular weight is 232 g/mol. The standard InChI is InChI=1S/C14H12ClO/c15-13-8-5-11(6-9-13)7-10-14(16)12-3-1-2-4-12/h1-6,8-9H,7,10H2. The van der Waals surface area contributed by atoms with Gasteiger partial charge in [-0.15, -0.1) is 0 Å². The zero-order valence-corrected chi connectivity index (χ0v) is 9.58. The third kappa shape index (κ3) is 3.08. The summed E-state index contributed by atoms with van der Waals surface area (Å²) in [6.45, 7) is 0. The minimum atomic E-state index is 0.194. The number of aryl methyl sites for hydroxylation is 1. The van der Waals surface area contributed by atoms with Crippen molar-refractivity contribution in [2.75, 3.05) is 0 Å². The molecule has 0 bridgehead atoms. The Balaban J connectivity index is 1.82. The van der Waals surface area contributed by atoms with Crippen LogP contribution in [0.5, 0.6) is 0 Å². The highest BCUT2D eigenvalue weighted by atomic mass is 35.5. The lowest BCUT2D eigenvalue weighted by molar-refractivity contribution is -0.116. The summed E-state index contributed by atoms with van der Waals surface area (Å²) in [5.74, 6) is 0.994. The summed E-state index contributed by atoms with van der Waals surface area (Å²) in [4.78, 5) is 11.7. The van der Waals surface area contributed by atoms with E-state index in [1.807, 2.05) is 49.9 Å². The minimum Gasteiger partial charge on any atom is -0.299 e. The predicted molar refractivity (Wildman–Crippen MR) is 65.2 cm³/mol. The molecule has 1 aliphatic rings. The number of rotatable bonds is 4. The smallest absolute Gasteiger partial charge is 0.140 e. The Bertz CT molecular complexity index is 350. The monoisotopic (exact) mass is 231 g/mol. The molecule has 0 saturated heterocycles. The van der Waals surface area contributed by atoms with Crippen LogP contribution in [0.25, 0.3) is 0 Å². The van der Waals surface area contributed by atoms with Crippen LogP contribution in [0.3, 0.4) is 0 Å². The van der Waals surface area contributed by atoms with Crippen molar-refractivity contribution in [1.82, 2.24) is 0 Å². The topological polar surface area (TPSA) is 17.1 Å². The highest BCUT2D eigenvalue weighted by Gasteiger charge is 2.23. The van der Waals surface area contributed by atoms with E-state index in [0.29, 0.717) is 6.42 Å². The van der Waals surface area contributed by atoms with Gasteiger partial charge in [-0.05, 0) is 49.8 Å². The first-order valence-corrected chi connectivity index (χ1v) is 5.63. The van der Waals surface area contributed by atoms with E-state index in [1.54, 1.807) is 0 Å². The van der Waals surface area contributed by atoms with E-state index < -0.39 is 0 Å². The first-order valence-electron chi connectivity index (χ1n) is 5.25. The first kappa shape index (κ1) is 11.7. The number of benzene rings is 1. The van der Waals surface area contributed by atoms with Gasteiger partial charge < -0.3 is 0 Å². The van der Waals surface area contributed by atoms with Crippen LogP contribution in [0.4, 0.5) is 0 Å². The summed E-state index contributed by atoms with van der Waals surface area (Å²) in [6, 6.07) is 7.62. The fraction of sp³-hybridized carbons (Fsp3) is 0.143. The second-order valence-electron chi connectivity index (χ2n) is 3.72. The third-order valence-corrected chi connectivity index (χ3v) is 2.79. The largest absolute Gasteiger partial charge is 0.299 e. The Morgan fingerprint density at radius 2 is 1.69 bits per heavy atom. The second kappa shape index (κ2) is 5.49. The van der Waals surface area contributed by atoms with Crippen LogP contribution in [-0.2, 0) is 11.2 Å². The molecule has 0 unspecified atom stereocenters. The maximum atomic E-state index is 11.7. The van der Waals surface area contributed by atoms with Gasteiger partial charge in [0, 0.05) is 17.4 Å². The summed E-state index contributed by atoms with van der Waals surface area (Å²) in [7, 11) is 0. The molecule has 1 fully saturated rings. The molecule has 81 valence electrons. The van der Waals surface area contributed by atoms with Crippen molar-refractivity contribution < 1.29 is 4.79 Å². The van der Waals surface area contributed by atoms with Crippen LogP contribution in [-0.4, -0.2) is 5.78 Å². The molecule has 0 aliphatic heterocycles. The Labute approximate surface area is 102 Å². The Hall–Kier alpha value is -0.820.